The van der Waals surface area contributed by atoms with Crippen molar-refractivity contribution in [1.29, 1.82) is 0 Å². The lowest BCUT2D eigenvalue weighted by molar-refractivity contribution is 0.116. The molecule has 0 aromatic heterocycles. The van der Waals surface area contributed by atoms with Crippen molar-refractivity contribution < 1.29 is 0 Å². The van der Waals surface area contributed by atoms with Crippen LogP contribution in [0.1, 0.15) is 71.6 Å². The molecule has 0 radical (unpaired) electrons. The van der Waals surface area contributed by atoms with E-state index in [1.54, 1.807) is 0 Å². The van der Waals surface area contributed by atoms with Gasteiger partial charge in [0.05, 0.1) is 0 Å². The minimum Gasteiger partial charge on any atom is -0.303 e. The van der Waals surface area contributed by atoms with E-state index in [9.17, 15) is 0 Å². The average molecular weight is 272 g/mol. The first kappa shape index (κ1) is 16.4. The van der Waals surface area contributed by atoms with Gasteiger partial charge in [0.1, 0.15) is 0 Å². The highest BCUT2D eigenvalue weighted by Gasteiger charge is 2.25. The van der Waals surface area contributed by atoms with Crippen LogP contribution >= 0.6 is 12.6 Å². The van der Waals surface area contributed by atoms with Gasteiger partial charge in [0.15, 0.2) is 0 Å². The van der Waals surface area contributed by atoms with E-state index in [1.807, 2.05) is 0 Å². The molecule has 0 amide bonds. The minimum atomic E-state index is 0.561. The molecule has 0 N–H and O–H groups in total. The summed E-state index contributed by atoms with van der Waals surface area (Å²) in [6.45, 7) is 8.82. The molecule has 2 heteroatoms. The van der Waals surface area contributed by atoms with E-state index in [4.69, 9.17) is 0 Å². The number of nitrogens with zero attached hydrogens (tertiary/aromatic N) is 1. The quantitative estimate of drug-likeness (QED) is 0.467. The molecule has 1 rings (SSSR count). The molecule has 108 valence electrons. The number of likely N-dealkylation sites (tertiary alicyclic amines) is 1. The predicted molar refractivity (Wildman–Crippen MR) is 85.6 cm³/mol. The first-order chi connectivity index (χ1) is 8.64. The van der Waals surface area contributed by atoms with Gasteiger partial charge >= 0.3 is 0 Å². The lowest BCUT2D eigenvalue weighted by Gasteiger charge is -2.38. The fourth-order valence-corrected chi connectivity index (χ4v) is 3.29. The zero-order valence-corrected chi connectivity index (χ0v) is 13.5. The number of unbranched alkanes of at least 4 members (excludes halogenated alkanes) is 6. The molecule has 0 saturated carbocycles. The Labute approximate surface area is 120 Å². The molecule has 0 atom stereocenters. The van der Waals surface area contributed by atoms with Gasteiger partial charge in [-0.2, -0.15) is 12.6 Å². The van der Waals surface area contributed by atoms with Crippen LogP contribution in [0.15, 0.2) is 0 Å². The highest BCUT2D eigenvalue weighted by atomic mass is 32.1. The monoisotopic (exact) mass is 271 g/mol. The summed E-state index contributed by atoms with van der Waals surface area (Å²) in [6, 6.07) is 0. The van der Waals surface area contributed by atoms with Gasteiger partial charge < -0.3 is 4.90 Å². The first-order valence-corrected chi connectivity index (χ1v) is 8.60. The Bertz CT molecular complexity index is 203. The minimum absolute atomic E-state index is 0.561. The summed E-state index contributed by atoms with van der Waals surface area (Å²) >= 11 is 4.25. The summed E-state index contributed by atoms with van der Waals surface area (Å²) < 4.78 is 0. The number of piperidine rings is 1. The normalized spacial score (nSPS) is 20.2. The Morgan fingerprint density at radius 1 is 0.944 bits per heavy atom. The highest BCUT2D eigenvalue weighted by Crippen LogP contribution is 2.28. The van der Waals surface area contributed by atoms with Crippen LogP contribution in [0, 0.1) is 5.41 Å². The number of rotatable bonds is 9. The van der Waals surface area contributed by atoms with Crippen molar-refractivity contribution in [2.45, 2.75) is 71.6 Å². The standard InChI is InChI=1S/C16H33NS/c1-16(2)11-10-13-17(15-16)12-8-6-4-3-5-7-9-14-18/h18H,3-15H2,1-2H3. The predicted octanol–water partition coefficient (Wildman–Crippen LogP) is 4.77. The number of hydrogen-bond acceptors (Lipinski definition) is 2. The van der Waals surface area contributed by atoms with Gasteiger partial charge in [0.25, 0.3) is 0 Å². The van der Waals surface area contributed by atoms with Crippen LogP contribution in [0.25, 0.3) is 0 Å². The molecule has 0 aliphatic carbocycles. The van der Waals surface area contributed by atoms with E-state index in [0.29, 0.717) is 5.41 Å². The van der Waals surface area contributed by atoms with E-state index in [0.717, 1.165) is 5.75 Å². The fourth-order valence-electron chi connectivity index (χ4n) is 3.07. The maximum absolute atomic E-state index is 4.25. The Kier molecular flexibility index (Phi) is 8.41. The Morgan fingerprint density at radius 2 is 1.56 bits per heavy atom. The summed E-state index contributed by atoms with van der Waals surface area (Å²) in [7, 11) is 0. The lowest BCUT2D eigenvalue weighted by Crippen LogP contribution is -2.40. The maximum Gasteiger partial charge on any atom is 0.00327 e. The molecular weight excluding hydrogens is 238 g/mol. The molecule has 0 aromatic carbocycles. The first-order valence-electron chi connectivity index (χ1n) is 7.97. The molecule has 0 spiro atoms. The molecule has 1 aliphatic heterocycles. The summed E-state index contributed by atoms with van der Waals surface area (Å²) in [5, 5.41) is 0. The Hall–Kier alpha value is 0.310. The van der Waals surface area contributed by atoms with Gasteiger partial charge in [-0.05, 0) is 49.9 Å². The van der Waals surface area contributed by atoms with E-state index in [-0.39, 0.29) is 0 Å². The van der Waals surface area contributed by atoms with Crippen LogP contribution in [0.3, 0.4) is 0 Å². The third kappa shape index (κ3) is 7.68. The molecule has 1 saturated heterocycles. The molecule has 0 bridgehead atoms. The van der Waals surface area contributed by atoms with Crippen LogP contribution in [0.2, 0.25) is 0 Å². The molecule has 1 heterocycles. The highest BCUT2D eigenvalue weighted by molar-refractivity contribution is 7.80. The second-order valence-electron chi connectivity index (χ2n) is 6.74. The molecule has 1 nitrogen and oxygen atoms in total. The zero-order valence-electron chi connectivity index (χ0n) is 12.6. The van der Waals surface area contributed by atoms with Crippen molar-refractivity contribution in [2.75, 3.05) is 25.4 Å². The number of hydrogen-bond donors (Lipinski definition) is 1. The summed E-state index contributed by atoms with van der Waals surface area (Å²) in [4.78, 5) is 2.68. The Balaban J connectivity index is 1.91. The summed E-state index contributed by atoms with van der Waals surface area (Å²) in [5.41, 5.74) is 0.561. The third-order valence-corrected chi connectivity index (χ3v) is 4.43. The largest absolute Gasteiger partial charge is 0.303 e. The maximum atomic E-state index is 4.25. The SMILES string of the molecule is CC1(C)CCCN(CCCCCCCCCS)C1. The Morgan fingerprint density at radius 3 is 2.17 bits per heavy atom. The van der Waals surface area contributed by atoms with Gasteiger partial charge in [-0.15, -0.1) is 0 Å². The number of thiol groups is 1. The van der Waals surface area contributed by atoms with Crippen LogP contribution in [0.5, 0.6) is 0 Å². The summed E-state index contributed by atoms with van der Waals surface area (Å²) in [5.74, 6) is 1.06. The molecule has 1 fully saturated rings. The second-order valence-corrected chi connectivity index (χ2v) is 7.19. The fraction of sp³-hybridized carbons (Fsp3) is 1.00. The van der Waals surface area contributed by atoms with Gasteiger partial charge in [0.2, 0.25) is 0 Å². The van der Waals surface area contributed by atoms with E-state index < -0.39 is 0 Å². The van der Waals surface area contributed by atoms with Crippen LogP contribution in [0.4, 0.5) is 0 Å². The van der Waals surface area contributed by atoms with Crippen molar-refractivity contribution in [3.05, 3.63) is 0 Å². The zero-order chi connectivity index (χ0) is 13.3. The molecule has 1 aliphatic rings. The van der Waals surface area contributed by atoms with Crippen LogP contribution in [-0.2, 0) is 0 Å². The second kappa shape index (κ2) is 9.25. The van der Waals surface area contributed by atoms with E-state index in [2.05, 4.69) is 31.4 Å². The van der Waals surface area contributed by atoms with Gasteiger partial charge in [-0.25, -0.2) is 0 Å². The van der Waals surface area contributed by atoms with Gasteiger partial charge in [-0.1, -0.05) is 46.0 Å². The van der Waals surface area contributed by atoms with Crippen LogP contribution < -0.4 is 0 Å². The summed E-state index contributed by atoms with van der Waals surface area (Å²) in [6.07, 6.45) is 12.6. The van der Waals surface area contributed by atoms with Gasteiger partial charge in [0, 0.05) is 6.54 Å². The van der Waals surface area contributed by atoms with Crippen molar-refractivity contribution in [3.8, 4) is 0 Å². The average Bonchev–Trinajstić information content (AvgIpc) is 2.31. The molecule has 18 heavy (non-hydrogen) atoms. The van der Waals surface area contributed by atoms with Gasteiger partial charge in [-0.3, -0.25) is 0 Å². The van der Waals surface area contributed by atoms with Crippen LogP contribution in [-0.4, -0.2) is 30.3 Å². The van der Waals surface area contributed by atoms with E-state index >= 15 is 0 Å². The third-order valence-electron chi connectivity index (χ3n) is 4.11. The van der Waals surface area contributed by atoms with Crippen molar-refractivity contribution >= 4 is 12.6 Å². The van der Waals surface area contributed by atoms with Crippen molar-refractivity contribution in [2.24, 2.45) is 5.41 Å². The van der Waals surface area contributed by atoms with E-state index in [1.165, 1.54) is 77.4 Å². The smallest absolute Gasteiger partial charge is 0.00327 e. The topological polar surface area (TPSA) is 3.24 Å². The van der Waals surface area contributed by atoms with Crippen molar-refractivity contribution in [1.82, 2.24) is 4.90 Å². The molecule has 0 aromatic rings. The molecular formula is C16H33NS. The molecule has 0 unspecified atom stereocenters. The lowest BCUT2D eigenvalue weighted by atomic mass is 9.84. The van der Waals surface area contributed by atoms with Crippen molar-refractivity contribution in [3.63, 3.8) is 0 Å².